The van der Waals surface area contributed by atoms with Crippen molar-refractivity contribution in [2.75, 3.05) is 0 Å². The van der Waals surface area contributed by atoms with Gasteiger partial charge in [0, 0.05) is 0 Å². The van der Waals surface area contributed by atoms with Gasteiger partial charge in [0.2, 0.25) is 6.04 Å². The van der Waals surface area contributed by atoms with E-state index in [9.17, 15) is 9.70 Å². The van der Waals surface area contributed by atoms with Crippen molar-refractivity contribution in [3.63, 3.8) is 0 Å². The number of hydrogen-bond acceptors (Lipinski definition) is 4. The summed E-state index contributed by atoms with van der Waals surface area (Å²) in [5.41, 5.74) is 1.51. The number of carbonyl (C=O) groups excluding carboxylic acids is 1. The van der Waals surface area contributed by atoms with Gasteiger partial charge in [-0.2, -0.15) is 0 Å². The number of ether oxygens (including phenoxy) is 1. The molecule has 13 heavy (non-hydrogen) atoms. The van der Waals surface area contributed by atoms with Crippen molar-refractivity contribution in [1.29, 1.82) is 0 Å². The molecule has 0 radical (unpaired) electrons. The number of carbonyl (C=O) groups is 1. The van der Waals surface area contributed by atoms with Crippen molar-refractivity contribution in [2.45, 2.75) is 12.6 Å². The lowest BCUT2D eigenvalue weighted by Gasteiger charge is -2.18. The second-order valence-corrected chi connectivity index (χ2v) is 2.81. The predicted molar refractivity (Wildman–Crippen MR) is 44.8 cm³/mol. The van der Waals surface area contributed by atoms with E-state index in [0.717, 1.165) is 5.56 Å². The highest BCUT2D eigenvalue weighted by molar-refractivity contribution is 5.79. The lowest BCUT2D eigenvalue weighted by atomic mass is 9.99. The van der Waals surface area contributed by atoms with Gasteiger partial charge >= 0.3 is 5.97 Å². The zero-order valence-electron chi connectivity index (χ0n) is 6.77. The first-order valence-corrected chi connectivity index (χ1v) is 3.90. The fourth-order valence-corrected chi connectivity index (χ4v) is 1.39. The van der Waals surface area contributed by atoms with E-state index in [4.69, 9.17) is 4.74 Å². The Balaban J connectivity index is 2.50. The van der Waals surface area contributed by atoms with Crippen LogP contribution < -0.4 is 0 Å². The van der Waals surface area contributed by atoms with E-state index in [2.05, 4.69) is 5.18 Å². The Kier molecular flexibility index (Phi) is 1.81. The quantitative estimate of drug-likeness (QED) is 0.483. The third-order valence-electron chi connectivity index (χ3n) is 2.05. The van der Waals surface area contributed by atoms with Gasteiger partial charge in [0.05, 0.1) is 0 Å². The van der Waals surface area contributed by atoms with E-state index >= 15 is 0 Å². The van der Waals surface area contributed by atoms with Gasteiger partial charge in [0.15, 0.2) is 0 Å². The highest BCUT2D eigenvalue weighted by Crippen LogP contribution is 2.27. The fourth-order valence-electron chi connectivity index (χ4n) is 1.39. The van der Waals surface area contributed by atoms with Crippen molar-refractivity contribution in [3.05, 3.63) is 40.3 Å². The number of fused-ring (bicyclic) bond motifs is 1. The summed E-state index contributed by atoms with van der Waals surface area (Å²) in [6.07, 6.45) is 0. The normalized spacial score (nSPS) is 20.3. The zero-order valence-corrected chi connectivity index (χ0v) is 6.77. The number of hydrogen-bond donors (Lipinski definition) is 0. The Hall–Kier alpha value is -1.71. The summed E-state index contributed by atoms with van der Waals surface area (Å²) < 4.78 is 4.78. The van der Waals surface area contributed by atoms with Crippen LogP contribution in [0.5, 0.6) is 0 Å². The molecule has 66 valence electrons. The molecule has 1 aliphatic rings. The summed E-state index contributed by atoms with van der Waals surface area (Å²) in [4.78, 5) is 21.5. The lowest BCUT2D eigenvalue weighted by Crippen LogP contribution is -2.20. The number of benzene rings is 1. The van der Waals surface area contributed by atoms with Crippen LogP contribution in [0.25, 0.3) is 0 Å². The summed E-state index contributed by atoms with van der Waals surface area (Å²) in [5, 5.41) is 2.75. The number of cyclic esters (lactones) is 1. The molecular weight excluding hydrogens is 170 g/mol. The van der Waals surface area contributed by atoms with Crippen molar-refractivity contribution >= 4 is 5.97 Å². The monoisotopic (exact) mass is 177 g/mol. The average Bonchev–Trinajstić information content (AvgIpc) is 2.18. The first-order valence-electron chi connectivity index (χ1n) is 3.90. The Morgan fingerprint density at radius 2 is 2.15 bits per heavy atom. The molecule has 0 spiro atoms. The fraction of sp³-hybridized carbons (Fsp3) is 0.222. The Morgan fingerprint density at radius 3 is 2.92 bits per heavy atom. The Morgan fingerprint density at radius 1 is 1.38 bits per heavy atom. The molecule has 1 heterocycles. The first kappa shape index (κ1) is 7.91. The van der Waals surface area contributed by atoms with Crippen LogP contribution in [-0.2, 0) is 16.1 Å². The maximum atomic E-state index is 11.1. The summed E-state index contributed by atoms with van der Waals surface area (Å²) >= 11 is 0. The molecular formula is C9H7NO3. The Bertz CT molecular complexity index is 362. The van der Waals surface area contributed by atoms with Gasteiger partial charge in [-0.1, -0.05) is 24.3 Å². The predicted octanol–water partition coefficient (Wildman–Crippen LogP) is 1.55. The SMILES string of the molecule is O=NC1C(=O)OCc2ccccc21. The van der Waals surface area contributed by atoms with Gasteiger partial charge in [0.1, 0.15) is 6.61 Å². The molecule has 0 saturated heterocycles. The molecule has 4 heteroatoms. The highest BCUT2D eigenvalue weighted by atomic mass is 16.5. The molecule has 1 aliphatic heterocycles. The summed E-state index contributed by atoms with van der Waals surface area (Å²) in [7, 11) is 0. The van der Waals surface area contributed by atoms with Gasteiger partial charge in [-0.3, -0.25) is 0 Å². The summed E-state index contributed by atoms with van der Waals surface area (Å²) in [6.45, 7) is 0.237. The van der Waals surface area contributed by atoms with E-state index in [1.807, 2.05) is 12.1 Å². The van der Waals surface area contributed by atoms with Gasteiger partial charge in [-0.25, -0.2) is 4.79 Å². The van der Waals surface area contributed by atoms with E-state index in [0.29, 0.717) is 5.56 Å². The first-order chi connectivity index (χ1) is 6.33. The van der Waals surface area contributed by atoms with E-state index < -0.39 is 12.0 Å². The second kappa shape index (κ2) is 2.97. The average molecular weight is 177 g/mol. The minimum atomic E-state index is -0.982. The third-order valence-corrected chi connectivity index (χ3v) is 2.05. The van der Waals surface area contributed by atoms with Crippen LogP contribution in [0.1, 0.15) is 17.2 Å². The molecule has 0 amide bonds. The number of esters is 1. The standard InChI is InChI=1S/C9H7NO3/c11-9-8(10-12)7-4-2-1-3-6(7)5-13-9/h1-4,8H,5H2. The summed E-state index contributed by atoms with van der Waals surface area (Å²) in [5.74, 6) is -0.561. The maximum absolute atomic E-state index is 11.1. The summed E-state index contributed by atoms with van der Waals surface area (Å²) in [6, 6.07) is 6.17. The molecule has 4 nitrogen and oxygen atoms in total. The molecule has 1 aromatic carbocycles. The van der Waals surface area contributed by atoms with Crippen LogP contribution >= 0.6 is 0 Å². The van der Waals surface area contributed by atoms with Gasteiger partial charge in [-0.05, 0) is 16.3 Å². The molecule has 1 aromatic rings. The minimum Gasteiger partial charge on any atom is -0.459 e. The Labute approximate surface area is 74.5 Å². The van der Waals surface area contributed by atoms with Gasteiger partial charge in [0.25, 0.3) is 0 Å². The molecule has 0 bridgehead atoms. The van der Waals surface area contributed by atoms with Crippen molar-refractivity contribution in [1.82, 2.24) is 0 Å². The van der Waals surface area contributed by atoms with Gasteiger partial charge in [-0.15, -0.1) is 4.91 Å². The highest BCUT2D eigenvalue weighted by Gasteiger charge is 2.29. The lowest BCUT2D eigenvalue weighted by molar-refractivity contribution is -0.148. The number of nitroso groups, excluding NO2 is 1. The molecule has 2 rings (SSSR count). The largest absolute Gasteiger partial charge is 0.459 e. The molecule has 0 aromatic heterocycles. The number of rotatable bonds is 1. The van der Waals surface area contributed by atoms with Crippen LogP contribution in [0.15, 0.2) is 29.4 Å². The van der Waals surface area contributed by atoms with Crippen molar-refractivity contribution in [3.8, 4) is 0 Å². The van der Waals surface area contributed by atoms with Crippen LogP contribution in [-0.4, -0.2) is 5.97 Å². The smallest absolute Gasteiger partial charge is 0.339 e. The van der Waals surface area contributed by atoms with E-state index in [-0.39, 0.29) is 6.61 Å². The topological polar surface area (TPSA) is 55.7 Å². The second-order valence-electron chi connectivity index (χ2n) is 2.81. The van der Waals surface area contributed by atoms with Crippen LogP contribution in [0.3, 0.4) is 0 Å². The molecule has 1 unspecified atom stereocenters. The molecule has 0 aliphatic carbocycles. The van der Waals surface area contributed by atoms with Gasteiger partial charge < -0.3 is 4.74 Å². The van der Waals surface area contributed by atoms with Crippen LogP contribution in [0.4, 0.5) is 0 Å². The van der Waals surface area contributed by atoms with E-state index in [1.165, 1.54) is 0 Å². The molecule has 0 fully saturated rings. The zero-order chi connectivity index (χ0) is 9.26. The number of nitrogens with zero attached hydrogens (tertiary/aromatic N) is 1. The van der Waals surface area contributed by atoms with E-state index in [1.54, 1.807) is 12.1 Å². The molecule has 0 N–H and O–H groups in total. The third kappa shape index (κ3) is 1.20. The van der Waals surface area contributed by atoms with Crippen LogP contribution in [0, 0.1) is 4.91 Å². The minimum absolute atomic E-state index is 0.237. The van der Waals surface area contributed by atoms with Crippen LogP contribution in [0.2, 0.25) is 0 Å². The van der Waals surface area contributed by atoms with Crippen molar-refractivity contribution in [2.24, 2.45) is 5.18 Å². The molecule has 0 saturated carbocycles. The molecule has 1 atom stereocenters. The maximum Gasteiger partial charge on any atom is 0.339 e. The van der Waals surface area contributed by atoms with Crippen molar-refractivity contribution < 1.29 is 9.53 Å².